The normalized spacial score (nSPS) is 17.0. The van der Waals surface area contributed by atoms with Crippen LogP contribution in [0.25, 0.3) is 0 Å². The van der Waals surface area contributed by atoms with Crippen LogP contribution in [0.3, 0.4) is 0 Å². The van der Waals surface area contributed by atoms with Crippen molar-refractivity contribution >= 4 is 39.1 Å². The summed E-state index contributed by atoms with van der Waals surface area (Å²) in [6.45, 7) is 1.11. The molecule has 7 nitrogen and oxygen atoms in total. The van der Waals surface area contributed by atoms with Crippen molar-refractivity contribution in [2.75, 3.05) is 33.4 Å². The van der Waals surface area contributed by atoms with E-state index >= 15 is 0 Å². The van der Waals surface area contributed by atoms with Gasteiger partial charge >= 0.3 is 0 Å². The second-order valence-electron chi connectivity index (χ2n) is 7.48. The molecule has 0 spiro atoms. The van der Waals surface area contributed by atoms with Gasteiger partial charge in [0.15, 0.2) is 11.5 Å². The van der Waals surface area contributed by atoms with Gasteiger partial charge in [0.1, 0.15) is 6.61 Å². The number of amides is 1. The summed E-state index contributed by atoms with van der Waals surface area (Å²) in [7, 11) is -2.06. The molecule has 0 saturated carbocycles. The molecule has 1 aliphatic heterocycles. The van der Waals surface area contributed by atoms with E-state index in [-0.39, 0.29) is 24.8 Å². The second-order valence-corrected chi connectivity index (χ2v) is 10.3. The van der Waals surface area contributed by atoms with Crippen LogP contribution in [0.1, 0.15) is 18.4 Å². The van der Waals surface area contributed by atoms with Crippen molar-refractivity contribution < 1.29 is 22.7 Å². The Bertz CT molecular complexity index is 1050. The number of benzene rings is 2. The van der Waals surface area contributed by atoms with Gasteiger partial charge in [0.05, 0.1) is 25.3 Å². The average Bonchev–Trinajstić information content (AvgIpc) is 2.78. The highest BCUT2D eigenvalue weighted by atomic mass is 35.5. The Morgan fingerprint density at radius 3 is 2.66 bits per heavy atom. The first-order valence-electron chi connectivity index (χ1n) is 10.3. The summed E-state index contributed by atoms with van der Waals surface area (Å²) in [5.41, 5.74) is 0.483. The fraction of sp³-hybridized carbons (Fsp3) is 0.409. The third-order valence-corrected chi connectivity index (χ3v) is 7.61. The number of carbonyl (C=O) groups excluding carboxylic acids is 1. The molecule has 0 bridgehead atoms. The van der Waals surface area contributed by atoms with Crippen LogP contribution in [0.4, 0.5) is 0 Å². The van der Waals surface area contributed by atoms with E-state index in [0.29, 0.717) is 53.0 Å². The number of para-hydroxylation sites is 2. The molecule has 2 aromatic carbocycles. The number of piperidine rings is 1. The van der Waals surface area contributed by atoms with Crippen LogP contribution in [0.2, 0.25) is 10.0 Å². The quantitative estimate of drug-likeness (QED) is 0.530. The lowest BCUT2D eigenvalue weighted by atomic mass is 9.99. The van der Waals surface area contributed by atoms with Gasteiger partial charge in [-0.15, -0.1) is 0 Å². The summed E-state index contributed by atoms with van der Waals surface area (Å²) in [6, 6.07) is 12.0. The Balaban J connectivity index is 1.51. The molecule has 0 aromatic heterocycles. The first-order chi connectivity index (χ1) is 15.3. The first-order valence-corrected chi connectivity index (χ1v) is 12.6. The van der Waals surface area contributed by atoms with Gasteiger partial charge in [-0.3, -0.25) is 4.79 Å². The van der Waals surface area contributed by atoms with Crippen LogP contribution in [0.15, 0.2) is 42.5 Å². The predicted molar refractivity (Wildman–Crippen MR) is 125 cm³/mol. The van der Waals surface area contributed by atoms with Gasteiger partial charge in [-0.2, -0.15) is 0 Å². The SMILES string of the molecule is COc1ccccc1OCCNC(=O)C1CCCN(S(=O)(=O)Cc2ccc(Cl)cc2Cl)C1. The van der Waals surface area contributed by atoms with Crippen molar-refractivity contribution in [1.29, 1.82) is 0 Å². The number of nitrogens with zero attached hydrogens (tertiary/aromatic N) is 1. The molecule has 1 aliphatic rings. The Hall–Kier alpha value is -2.00. The average molecular weight is 501 g/mol. The maximum atomic E-state index is 12.9. The Morgan fingerprint density at radius 2 is 1.94 bits per heavy atom. The molecular formula is C22H26Cl2N2O5S. The van der Waals surface area contributed by atoms with Crippen LogP contribution in [0, 0.1) is 5.92 Å². The molecule has 1 N–H and O–H groups in total. The number of ether oxygens (including phenoxy) is 2. The zero-order valence-corrected chi connectivity index (χ0v) is 20.0. The lowest BCUT2D eigenvalue weighted by Crippen LogP contribution is -2.46. The highest BCUT2D eigenvalue weighted by Crippen LogP contribution is 2.27. The smallest absolute Gasteiger partial charge is 0.224 e. The Kier molecular flexibility index (Phi) is 8.64. The van der Waals surface area contributed by atoms with Crippen LogP contribution in [-0.4, -0.2) is 52.0 Å². The summed E-state index contributed by atoms with van der Waals surface area (Å²) in [5, 5.41) is 3.59. The van der Waals surface area contributed by atoms with Crippen LogP contribution >= 0.6 is 23.2 Å². The fourth-order valence-corrected chi connectivity index (χ4v) is 5.75. The largest absolute Gasteiger partial charge is 0.493 e. The van der Waals surface area contributed by atoms with Gasteiger partial charge < -0.3 is 14.8 Å². The van der Waals surface area contributed by atoms with Gasteiger partial charge in [-0.1, -0.05) is 41.4 Å². The molecule has 174 valence electrons. The summed E-state index contributed by atoms with van der Waals surface area (Å²) in [6.07, 6.45) is 1.25. The minimum atomic E-state index is -3.62. The van der Waals surface area contributed by atoms with E-state index in [1.54, 1.807) is 31.4 Å². The second kappa shape index (κ2) is 11.2. The molecule has 1 unspecified atom stereocenters. The van der Waals surface area contributed by atoms with Crippen LogP contribution in [-0.2, 0) is 20.6 Å². The molecular weight excluding hydrogens is 475 g/mol. The highest BCUT2D eigenvalue weighted by Gasteiger charge is 2.32. The van der Waals surface area contributed by atoms with E-state index < -0.39 is 15.9 Å². The van der Waals surface area contributed by atoms with Crippen molar-refractivity contribution in [3.63, 3.8) is 0 Å². The van der Waals surface area contributed by atoms with E-state index in [4.69, 9.17) is 32.7 Å². The molecule has 2 aromatic rings. The van der Waals surface area contributed by atoms with Crippen molar-refractivity contribution in [2.45, 2.75) is 18.6 Å². The van der Waals surface area contributed by atoms with Gasteiger partial charge in [-0.25, -0.2) is 12.7 Å². The maximum Gasteiger partial charge on any atom is 0.224 e. The number of hydrogen-bond acceptors (Lipinski definition) is 5. The third-order valence-electron chi connectivity index (χ3n) is 5.23. The number of nitrogens with one attached hydrogen (secondary N) is 1. The van der Waals surface area contributed by atoms with E-state index in [2.05, 4.69) is 5.32 Å². The van der Waals surface area contributed by atoms with E-state index in [1.165, 1.54) is 10.4 Å². The zero-order valence-electron chi connectivity index (χ0n) is 17.7. The third kappa shape index (κ3) is 6.51. The minimum Gasteiger partial charge on any atom is -0.493 e. The molecule has 3 rings (SSSR count). The summed E-state index contributed by atoms with van der Waals surface area (Å²) >= 11 is 12.0. The number of hydrogen-bond donors (Lipinski definition) is 1. The molecule has 1 atom stereocenters. The fourth-order valence-electron chi connectivity index (χ4n) is 3.55. The summed E-state index contributed by atoms with van der Waals surface area (Å²) in [4.78, 5) is 12.6. The molecule has 32 heavy (non-hydrogen) atoms. The zero-order chi connectivity index (χ0) is 23.1. The summed E-state index contributed by atoms with van der Waals surface area (Å²) < 4.78 is 38.1. The van der Waals surface area contributed by atoms with Gasteiger partial charge in [0.25, 0.3) is 0 Å². The standard InChI is InChI=1S/C22H26Cl2N2O5S/c1-30-20-6-2-3-7-21(20)31-12-10-25-22(27)16-5-4-11-26(14-16)32(28,29)15-17-8-9-18(23)13-19(17)24/h2-3,6-9,13,16H,4-5,10-12,14-15H2,1H3,(H,25,27). The molecule has 1 fully saturated rings. The molecule has 0 radical (unpaired) electrons. The van der Waals surface area contributed by atoms with E-state index in [1.807, 2.05) is 12.1 Å². The maximum absolute atomic E-state index is 12.9. The predicted octanol–water partition coefficient (Wildman–Crippen LogP) is 3.74. The van der Waals surface area contributed by atoms with Crippen molar-refractivity contribution in [3.8, 4) is 11.5 Å². The van der Waals surface area contributed by atoms with Crippen molar-refractivity contribution in [2.24, 2.45) is 5.92 Å². The lowest BCUT2D eigenvalue weighted by Gasteiger charge is -2.31. The number of rotatable bonds is 9. The van der Waals surface area contributed by atoms with Crippen molar-refractivity contribution in [3.05, 3.63) is 58.1 Å². The molecule has 10 heteroatoms. The van der Waals surface area contributed by atoms with Gasteiger partial charge in [0.2, 0.25) is 15.9 Å². The molecule has 0 aliphatic carbocycles. The number of sulfonamides is 1. The number of halogens is 2. The minimum absolute atomic E-state index is 0.146. The van der Waals surface area contributed by atoms with E-state index in [9.17, 15) is 13.2 Å². The molecule has 1 amide bonds. The summed E-state index contributed by atoms with van der Waals surface area (Å²) in [5.74, 6) is 0.390. The first kappa shape index (κ1) is 24.6. The highest BCUT2D eigenvalue weighted by molar-refractivity contribution is 7.88. The molecule has 1 saturated heterocycles. The van der Waals surface area contributed by atoms with Crippen LogP contribution in [0.5, 0.6) is 11.5 Å². The lowest BCUT2D eigenvalue weighted by molar-refractivity contribution is -0.126. The van der Waals surface area contributed by atoms with Gasteiger partial charge in [0, 0.05) is 23.1 Å². The number of carbonyl (C=O) groups is 1. The molecule has 1 heterocycles. The number of methoxy groups -OCH3 is 1. The topological polar surface area (TPSA) is 84.9 Å². The van der Waals surface area contributed by atoms with Crippen molar-refractivity contribution in [1.82, 2.24) is 9.62 Å². The van der Waals surface area contributed by atoms with Crippen LogP contribution < -0.4 is 14.8 Å². The Morgan fingerprint density at radius 1 is 1.19 bits per heavy atom. The van der Waals surface area contributed by atoms with E-state index in [0.717, 1.165) is 0 Å². The monoisotopic (exact) mass is 500 g/mol. The van der Waals surface area contributed by atoms with Gasteiger partial charge in [-0.05, 0) is 42.7 Å². The Labute approximate surface area is 198 Å².